The van der Waals surface area contributed by atoms with Crippen LogP contribution in [-0.4, -0.2) is 96.9 Å². The number of alkyl carbamates (subject to hydrolysis) is 1. The van der Waals surface area contributed by atoms with E-state index in [0.29, 0.717) is 45.4 Å². The number of ether oxygens (including phenoxy) is 2. The zero-order chi connectivity index (χ0) is 30.3. The first-order chi connectivity index (χ1) is 20.2. The summed E-state index contributed by atoms with van der Waals surface area (Å²) >= 11 is 1.43. The zero-order valence-electron chi connectivity index (χ0n) is 25.2. The van der Waals surface area contributed by atoms with Crippen LogP contribution in [0.5, 0.6) is 0 Å². The minimum absolute atomic E-state index is 0.00133. The number of nitrogens with zero attached hydrogens (tertiary/aromatic N) is 3. The maximum Gasteiger partial charge on any atom is 0.407 e. The molecule has 3 rings (SSSR count). The Morgan fingerprint density at radius 2 is 1.79 bits per heavy atom. The van der Waals surface area contributed by atoms with E-state index in [2.05, 4.69) is 25.8 Å². The zero-order valence-corrected chi connectivity index (χ0v) is 26.0. The number of hydrogen-bond acceptors (Lipinski definition) is 8. The predicted molar refractivity (Wildman–Crippen MR) is 163 cm³/mol. The number of morpholine rings is 1. The maximum absolute atomic E-state index is 13.7. The highest BCUT2D eigenvalue weighted by atomic mass is 32.1. The summed E-state index contributed by atoms with van der Waals surface area (Å²) in [7, 11) is 1.73. The minimum Gasteiger partial charge on any atom is -0.444 e. The summed E-state index contributed by atoms with van der Waals surface area (Å²) in [5, 5.41) is 9.05. The van der Waals surface area contributed by atoms with Gasteiger partial charge < -0.3 is 30.3 Å². The molecule has 11 nitrogen and oxygen atoms in total. The van der Waals surface area contributed by atoms with Crippen molar-refractivity contribution < 1.29 is 23.9 Å². The van der Waals surface area contributed by atoms with Crippen LogP contribution in [0.2, 0.25) is 0 Å². The summed E-state index contributed by atoms with van der Waals surface area (Å²) in [6.45, 7) is 9.60. The number of thiazole rings is 1. The van der Waals surface area contributed by atoms with Crippen LogP contribution in [0.25, 0.3) is 0 Å². The molecule has 0 aliphatic carbocycles. The lowest BCUT2D eigenvalue weighted by Gasteiger charge is -2.30. The number of amides is 4. The third kappa shape index (κ3) is 11.9. The van der Waals surface area contributed by atoms with Gasteiger partial charge in [0, 0.05) is 51.0 Å². The van der Waals surface area contributed by atoms with E-state index < -0.39 is 12.1 Å². The summed E-state index contributed by atoms with van der Waals surface area (Å²) in [6, 6.07) is 8.67. The molecule has 1 aromatic heterocycles. The van der Waals surface area contributed by atoms with E-state index in [4.69, 9.17) is 9.47 Å². The number of nitrogens with one attached hydrogen (secondary N) is 3. The number of aromatic nitrogens is 1. The highest BCUT2D eigenvalue weighted by molar-refractivity contribution is 7.09. The normalized spacial score (nSPS) is 15.8. The lowest BCUT2D eigenvalue weighted by molar-refractivity contribution is -0.124. The van der Waals surface area contributed by atoms with Gasteiger partial charge in [-0.3, -0.25) is 14.7 Å². The Hall–Kier alpha value is -3.22. The molecular formula is C30H46N6O5S. The maximum atomic E-state index is 13.7. The highest BCUT2D eigenvalue weighted by Gasteiger charge is 2.27. The van der Waals surface area contributed by atoms with Gasteiger partial charge in [0.05, 0.1) is 23.6 Å². The second-order valence-electron chi connectivity index (χ2n) is 11.0. The topological polar surface area (TPSA) is 125 Å². The van der Waals surface area contributed by atoms with E-state index in [1.54, 1.807) is 23.7 Å². The summed E-state index contributed by atoms with van der Waals surface area (Å²) < 4.78 is 10.8. The molecule has 1 saturated heterocycles. The summed E-state index contributed by atoms with van der Waals surface area (Å²) in [5.41, 5.74) is 2.79. The predicted octanol–water partition coefficient (Wildman–Crippen LogP) is 3.41. The Balaban J connectivity index is 1.62. The van der Waals surface area contributed by atoms with Gasteiger partial charge in [0.1, 0.15) is 12.6 Å². The lowest BCUT2D eigenvalue weighted by Crippen LogP contribution is -2.54. The Bertz CT molecular complexity index is 1080. The molecule has 0 saturated carbocycles. The van der Waals surface area contributed by atoms with Gasteiger partial charge in [-0.2, -0.15) is 0 Å². The van der Waals surface area contributed by atoms with Crippen molar-refractivity contribution in [2.45, 2.75) is 77.2 Å². The standard InChI is InChI=1S/C30H46N6O5S/c1-22(2)35(4)29(38)34-27(12-13-36-14-16-40-17-15-36)28(37)33-25(18-24-8-6-5-7-9-24)11-10-23(3)32-30(39)41-20-26-19-31-21-42-26/h5-9,19,21-23,25,27H,10-18,20H2,1-4H3,(H,32,39)(H,33,37)(H,34,38). The molecule has 0 radical (unpaired) electrons. The van der Waals surface area contributed by atoms with E-state index in [1.807, 2.05) is 51.1 Å². The summed E-state index contributed by atoms with van der Waals surface area (Å²) in [6.07, 6.45) is 3.58. The van der Waals surface area contributed by atoms with Gasteiger partial charge in [-0.1, -0.05) is 30.3 Å². The SMILES string of the molecule is CC(CCC(Cc1ccccc1)NC(=O)C(CCN1CCOCC1)NC(=O)N(C)C(C)C)NC(=O)OCc1cncs1. The van der Waals surface area contributed by atoms with Gasteiger partial charge in [-0.25, -0.2) is 9.59 Å². The molecule has 3 N–H and O–H groups in total. The molecule has 3 unspecified atom stereocenters. The molecule has 1 aromatic carbocycles. The van der Waals surface area contributed by atoms with Gasteiger partial charge in [0.2, 0.25) is 5.91 Å². The lowest BCUT2D eigenvalue weighted by atomic mass is 9.99. The molecule has 2 aromatic rings. The first-order valence-electron chi connectivity index (χ1n) is 14.7. The van der Waals surface area contributed by atoms with Gasteiger partial charge in [-0.05, 0) is 52.0 Å². The van der Waals surface area contributed by atoms with Crippen molar-refractivity contribution in [3.8, 4) is 0 Å². The van der Waals surface area contributed by atoms with Crippen molar-refractivity contribution >= 4 is 29.4 Å². The number of urea groups is 1. The van der Waals surface area contributed by atoms with Crippen molar-refractivity contribution in [2.24, 2.45) is 0 Å². The van der Waals surface area contributed by atoms with Crippen LogP contribution in [0, 0.1) is 0 Å². The third-order valence-corrected chi connectivity index (χ3v) is 8.11. The second-order valence-corrected chi connectivity index (χ2v) is 12.0. The van der Waals surface area contributed by atoms with Crippen LogP contribution in [0.3, 0.4) is 0 Å². The van der Waals surface area contributed by atoms with Gasteiger partial charge >= 0.3 is 12.1 Å². The number of carbonyl (C=O) groups excluding carboxylic acids is 3. The van der Waals surface area contributed by atoms with E-state index >= 15 is 0 Å². The van der Waals surface area contributed by atoms with Crippen LogP contribution in [0.15, 0.2) is 42.0 Å². The molecule has 1 fully saturated rings. The van der Waals surface area contributed by atoms with E-state index in [-0.39, 0.29) is 36.7 Å². The Labute approximate surface area is 253 Å². The Kier molecular flexibility index (Phi) is 14.0. The second kappa shape index (κ2) is 17.7. The van der Waals surface area contributed by atoms with Crippen molar-refractivity contribution in [3.63, 3.8) is 0 Å². The van der Waals surface area contributed by atoms with Crippen LogP contribution in [0.1, 0.15) is 50.5 Å². The average Bonchev–Trinajstić information content (AvgIpc) is 3.51. The van der Waals surface area contributed by atoms with E-state index in [9.17, 15) is 14.4 Å². The van der Waals surface area contributed by atoms with Gasteiger partial charge in [0.25, 0.3) is 0 Å². The largest absolute Gasteiger partial charge is 0.444 e. The molecule has 0 bridgehead atoms. The smallest absolute Gasteiger partial charge is 0.407 e. The van der Waals surface area contributed by atoms with Crippen molar-refractivity contribution in [3.05, 3.63) is 52.5 Å². The molecule has 12 heteroatoms. The summed E-state index contributed by atoms with van der Waals surface area (Å²) in [5.74, 6) is -0.209. The summed E-state index contributed by atoms with van der Waals surface area (Å²) in [4.78, 5) is 47.6. The molecule has 3 atom stereocenters. The van der Waals surface area contributed by atoms with E-state index in [0.717, 1.165) is 23.5 Å². The Morgan fingerprint density at radius 3 is 2.45 bits per heavy atom. The monoisotopic (exact) mass is 602 g/mol. The number of carbonyl (C=O) groups is 3. The van der Waals surface area contributed by atoms with Gasteiger partial charge in [0.15, 0.2) is 0 Å². The number of benzene rings is 1. The highest BCUT2D eigenvalue weighted by Crippen LogP contribution is 2.12. The number of hydrogen-bond donors (Lipinski definition) is 3. The fourth-order valence-corrected chi connectivity index (χ4v) is 5.04. The van der Waals surface area contributed by atoms with Crippen LogP contribution >= 0.6 is 11.3 Å². The molecule has 1 aliphatic rings. The quantitative estimate of drug-likeness (QED) is 0.285. The van der Waals surface area contributed by atoms with Crippen LogP contribution < -0.4 is 16.0 Å². The van der Waals surface area contributed by atoms with Crippen molar-refractivity contribution in [2.75, 3.05) is 39.9 Å². The molecule has 1 aliphatic heterocycles. The molecule has 2 heterocycles. The molecule has 42 heavy (non-hydrogen) atoms. The van der Waals surface area contributed by atoms with Gasteiger partial charge in [-0.15, -0.1) is 11.3 Å². The van der Waals surface area contributed by atoms with Crippen molar-refractivity contribution in [1.82, 2.24) is 30.7 Å². The first kappa shape index (κ1) is 33.3. The average molecular weight is 603 g/mol. The number of rotatable bonds is 15. The minimum atomic E-state index is -0.683. The molecular weight excluding hydrogens is 556 g/mol. The van der Waals surface area contributed by atoms with Crippen LogP contribution in [-0.2, 0) is 27.3 Å². The third-order valence-electron chi connectivity index (χ3n) is 7.36. The first-order valence-corrected chi connectivity index (χ1v) is 15.6. The molecule has 232 valence electrons. The van der Waals surface area contributed by atoms with E-state index in [1.165, 1.54) is 11.3 Å². The van der Waals surface area contributed by atoms with Crippen molar-refractivity contribution in [1.29, 1.82) is 0 Å². The fraction of sp³-hybridized carbons (Fsp3) is 0.600. The Morgan fingerprint density at radius 1 is 1.05 bits per heavy atom. The molecule has 4 amide bonds. The molecule has 0 spiro atoms. The fourth-order valence-electron chi connectivity index (χ4n) is 4.53. The van der Waals surface area contributed by atoms with Crippen LogP contribution in [0.4, 0.5) is 9.59 Å².